The highest BCUT2D eigenvalue weighted by Gasteiger charge is 2.44. The molecule has 52 heavy (non-hydrogen) atoms. The van der Waals surface area contributed by atoms with E-state index in [1.807, 2.05) is 0 Å². The summed E-state index contributed by atoms with van der Waals surface area (Å²) in [6.07, 6.45) is 34.2. The van der Waals surface area contributed by atoms with Crippen molar-refractivity contribution in [3.8, 4) is 0 Å². The van der Waals surface area contributed by atoms with E-state index in [1.165, 1.54) is 57.8 Å². The first kappa shape index (κ1) is 48.2. The Bertz CT molecular complexity index is 932. The Labute approximate surface area is 316 Å². The Hall–Kier alpha value is -1.85. The van der Waals surface area contributed by atoms with Crippen LogP contribution in [0.2, 0.25) is 0 Å². The van der Waals surface area contributed by atoms with E-state index >= 15 is 0 Å². The molecular weight excluding hydrogens is 660 g/mol. The summed E-state index contributed by atoms with van der Waals surface area (Å²) in [6, 6.07) is 0. The second kappa shape index (κ2) is 34.9. The second-order valence-corrected chi connectivity index (χ2v) is 14.0. The van der Waals surface area contributed by atoms with E-state index in [0.717, 1.165) is 77.0 Å². The molecule has 0 amide bonds. The van der Waals surface area contributed by atoms with Crippen LogP contribution in [0.4, 0.5) is 0 Å². The molecule has 0 aromatic carbocycles. The van der Waals surface area contributed by atoms with E-state index in [1.54, 1.807) is 0 Å². The first-order valence-corrected chi connectivity index (χ1v) is 20.7. The number of rotatable bonds is 34. The standard InChI is InChI=1S/C43H76O9/c1-3-5-7-9-11-13-15-17-18-19-20-21-22-24-26-28-30-32-39(45)51-37(36-50-43-42(48)41(47)40(46)38(34-44)52-43)35-49-33-31-29-27-25-23-16-14-12-10-8-6-4-2/h5,7,10-13,17-18,37-38,40-44,46-48H,3-4,6,8-9,14-16,19-36H2,1-2H3/b7-5-,12-10-,13-11-,18-17-. The first-order valence-electron chi connectivity index (χ1n) is 20.7. The van der Waals surface area contributed by atoms with Crippen LogP contribution in [0.15, 0.2) is 48.6 Å². The van der Waals surface area contributed by atoms with Gasteiger partial charge >= 0.3 is 5.97 Å². The van der Waals surface area contributed by atoms with Crippen molar-refractivity contribution >= 4 is 5.97 Å². The average molecular weight is 737 g/mol. The SMILES string of the molecule is CC/C=C\C/C=C\C/C=C\CCCCCCCCCC(=O)OC(COCCCCCCCC/C=C\CCCC)COC1OC(CO)C(O)C(O)C1O. The van der Waals surface area contributed by atoms with Gasteiger partial charge in [0.15, 0.2) is 6.29 Å². The maximum atomic E-state index is 12.7. The molecule has 9 heteroatoms. The lowest BCUT2D eigenvalue weighted by atomic mass is 9.99. The number of unbranched alkanes of at least 4 members (excludes halogenated alkanes) is 15. The van der Waals surface area contributed by atoms with Gasteiger partial charge in [-0.25, -0.2) is 0 Å². The number of carbonyl (C=O) groups is 1. The lowest BCUT2D eigenvalue weighted by Gasteiger charge is -2.39. The van der Waals surface area contributed by atoms with Gasteiger partial charge in [0.2, 0.25) is 0 Å². The summed E-state index contributed by atoms with van der Waals surface area (Å²) in [5.41, 5.74) is 0. The molecule has 0 aliphatic carbocycles. The minimum Gasteiger partial charge on any atom is -0.457 e. The lowest BCUT2D eigenvalue weighted by Crippen LogP contribution is -2.59. The molecular formula is C43H76O9. The molecule has 0 saturated carbocycles. The van der Waals surface area contributed by atoms with Gasteiger partial charge in [0.25, 0.3) is 0 Å². The van der Waals surface area contributed by atoms with E-state index < -0.39 is 43.4 Å². The Kier molecular flexibility index (Phi) is 32.3. The molecule has 1 aliphatic rings. The number of ether oxygens (including phenoxy) is 4. The van der Waals surface area contributed by atoms with E-state index in [-0.39, 0.29) is 19.2 Å². The summed E-state index contributed by atoms with van der Waals surface area (Å²) in [5, 5.41) is 40.0. The average Bonchev–Trinajstić information content (AvgIpc) is 3.14. The maximum Gasteiger partial charge on any atom is 0.306 e. The summed E-state index contributed by atoms with van der Waals surface area (Å²) < 4.78 is 22.7. The summed E-state index contributed by atoms with van der Waals surface area (Å²) in [7, 11) is 0. The Morgan fingerprint density at radius 3 is 1.79 bits per heavy atom. The van der Waals surface area contributed by atoms with E-state index in [4.69, 9.17) is 18.9 Å². The molecule has 1 rings (SSSR count). The number of hydrogen-bond acceptors (Lipinski definition) is 9. The predicted molar refractivity (Wildman–Crippen MR) is 210 cm³/mol. The van der Waals surface area contributed by atoms with Crippen molar-refractivity contribution in [2.75, 3.05) is 26.4 Å². The van der Waals surface area contributed by atoms with Crippen molar-refractivity contribution in [2.24, 2.45) is 0 Å². The monoisotopic (exact) mass is 737 g/mol. The molecule has 1 fully saturated rings. The fourth-order valence-corrected chi connectivity index (χ4v) is 5.96. The summed E-state index contributed by atoms with van der Waals surface area (Å²) in [4.78, 5) is 12.7. The van der Waals surface area contributed by atoms with Crippen molar-refractivity contribution in [1.82, 2.24) is 0 Å². The quantitative estimate of drug-likeness (QED) is 0.0291. The van der Waals surface area contributed by atoms with Gasteiger partial charge < -0.3 is 39.4 Å². The van der Waals surface area contributed by atoms with Gasteiger partial charge in [-0.1, -0.05) is 133 Å². The molecule has 1 aliphatic heterocycles. The molecule has 6 unspecified atom stereocenters. The molecule has 0 bridgehead atoms. The Balaban J connectivity index is 2.30. The maximum absolute atomic E-state index is 12.7. The van der Waals surface area contributed by atoms with Gasteiger partial charge in [-0.2, -0.15) is 0 Å². The van der Waals surface area contributed by atoms with Gasteiger partial charge in [0, 0.05) is 13.0 Å². The fourth-order valence-electron chi connectivity index (χ4n) is 5.96. The van der Waals surface area contributed by atoms with Crippen molar-refractivity contribution in [2.45, 2.75) is 192 Å². The van der Waals surface area contributed by atoms with Crippen LogP contribution in [0.3, 0.4) is 0 Å². The molecule has 302 valence electrons. The Morgan fingerprint density at radius 2 is 1.17 bits per heavy atom. The number of carbonyl (C=O) groups excluding carboxylic acids is 1. The number of allylic oxidation sites excluding steroid dienone is 8. The summed E-state index contributed by atoms with van der Waals surface area (Å²) in [6.45, 7) is 4.37. The van der Waals surface area contributed by atoms with Crippen LogP contribution in [-0.4, -0.2) is 89.6 Å². The van der Waals surface area contributed by atoms with Crippen molar-refractivity contribution in [1.29, 1.82) is 0 Å². The third kappa shape index (κ3) is 26.0. The van der Waals surface area contributed by atoms with Gasteiger partial charge in [-0.15, -0.1) is 0 Å². The van der Waals surface area contributed by atoms with Gasteiger partial charge in [-0.05, 0) is 64.2 Å². The molecule has 1 heterocycles. The van der Waals surface area contributed by atoms with Crippen molar-refractivity contribution < 1.29 is 44.2 Å². The highest BCUT2D eigenvalue weighted by atomic mass is 16.7. The third-order valence-corrected chi connectivity index (χ3v) is 9.23. The molecule has 0 spiro atoms. The molecule has 9 nitrogen and oxygen atoms in total. The highest BCUT2D eigenvalue weighted by Crippen LogP contribution is 2.22. The zero-order chi connectivity index (χ0) is 37.9. The van der Waals surface area contributed by atoms with E-state index in [2.05, 4.69) is 62.5 Å². The number of aliphatic hydroxyl groups excluding tert-OH is 4. The minimum atomic E-state index is -1.54. The van der Waals surface area contributed by atoms with Crippen LogP contribution < -0.4 is 0 Å². The van der Waals surface area contributed by atoms with Gasteiger partial charge in [0.05, 0.1) is 19.8 Å². The van der Waals surface area contributed by atoms with Crippen LogP contribution in [0.25, 0.3) is 0 Å². The summed E-state index contributed by atoms with van der Waals surface area (Å²) in [5.74, 6) is -0.328. The minimum absolute atomic E-state index is 0.121. The largest absolute Gasteiger partial charge is 0.457 e. The van der Waals surface area contributed by atoms with Gasteiger partial charge in [0.1, 0.15) is 30.5 Å². The van der Waals surface area contributed by atoms with Crippen LogP contribution in [0, 0.1) is 0 Å². The predicted octanol–water partition coefficient (Wildman–Crippen LogP) is 8.58. The zero-order valence-electron chi connectivity index (χ0n) is 32.8. The number of aliphatic hydroxyl groups is 4. The molecule has 0 aromatic heterocycles. The van der Waals surface area contributed by atoms with Crippen LogP contribution in [0.1, 0.15) is 155 Å². The molecule has 0 aromatic rings. The first-order chi connectivity index (χ1) is 25.4. The topological polar surface area (TPSA) is 135 Å². The zero-order valence-corrected chi connectivity index (χ0v) is 32.8. The fraction of sp³-hybridized carbons (Fsp3) is 0.791. The Morgan fingerprint density at radius 1 is 0.635 bits per heavy atom. The normalized spacial score (nSPS) is 21.7. The highest BCUT2D eigenvalue weighted by molar-refractivity contribution is 5.69. The number of hydrogen-bond donors (Lipinski definition) is 4. The van der Waals surface area contributed by atoms with E-state index in [9.17, 15) is 25.2 Å². The lowest BCUT2D eigenvalue weighted by molar-refractivity contribution is -0.305. The molecule has 1 saturated heterocycles. The van der Waals surface area contributed by atoms with Crippen LogP contribution in [-0.2, 0) is 23.7 Å². The van der Waals surface area contributed by atoms with Crippen molar-refractivity contribution in [3.63, 3.8) is 0 Å². The third-order valence-electron chi connectivity index (χ3n) is 9.23. The smallest absolute Gasteiger partial charge is 0.306 e. The van der Waals surface area contributed by atoms with Crippen LogP contribution in [0.5, 0.6) is 0 Å². The second-order valence-electron chi connectivity index (χ2n) is 14.0. The molecule has 6 atom stereocenters. The van der Waals surface area contributed by atoms with Gasteiger partial charge in [-0.3, -0.25) is 4.79 Å². The van der Waals surface area contributed by atoms with Crippen LogP contribution >= 0.6 is 0 Å². The molecule has 0 radical (unpaired) electrons. The van der Waals surface area contributed by atoms with Crippen molar-refractivity contribution in [3.05, 3.63) is 48.6 Å². The number of esters is 1. The molecule has 4 N–H and O–H groups in total. The summed E-state index contributed by atoms with van der Waals surface area (Å²) >= 11 is 0. The van der Waals surface area contributed by atoms with E-state index in [0.29, 0.717) is 13.0 Å².